The topological polar surface area (TPSA) is 76.7 Å². The Labute approximate surface area is 137 Å². The van der Waals surface area contributed by atoms with E-state index < -0.39 is 11.7 Å². The Hall–Kier alpha value is -2.24. The average molecular weight is 322 g/mol. The van der Waals surface area contributed by atoms with Crippen LogP contribution in [0, 0.1) is 0 Å². The average Bonchev–Trinajstić information content (AvgIpc) is 2.42. The summed E-state index contributed by atoms with van der Waals surface area (Å²) < 4.78 is 10.7. The Bertz CT molecular complexity index is 524. The zero-order valence-corrected chi connectivity index (χ0v) is 14.3. The van der Waals surface area contributed by atoms with Crippen LogP contribution in [0.4, 0.5) is 10.5 Å². The van der Waals surface area contributed by atoms with Crippen molar-refractivity contribution in [3.8, 4) is 5.75 Å². The number of nitrogens with one attached hydrogen (secondary N) is 2. The monoisotopic (exact) mass is 322 g/mol. The Morgan fingerprint density at radius 1 is 1.22 bits per heavy atom. The van der Waals surface area contributed by atoms with Crippen molar-refractivity contribution < 1.29 is 19.1 Å². The van der Waals surface area contributed by atoms with E-state index in [1.807, 2.05) is 6.92 Å². The van der Waals surface area contributed by atoms with Crippen LogP contribution < -0.4 is 15.4 Å². The minimum Gasteiger partial charge on any atom is -0.492 e. The maximum atomic E-state index is 11.7. The van der Waals surface area contributed by atoms with Crippen molar-refractivity contribution in [3.05, 3.63) is 24.3 Å². The summed E-state index contributed by atoms with van der Waals surface area (Å²) in [7, 11) is 0. The van der Waals surface area contributed by atoms with E-state index in [4.69, 9.17) is 9.47 Å². The third kappa shape index (κ3) is 8.70. The number of hydrogen-bond acceptors (Lipinski definition) is 4. The lowest BCUT2D eigenvalue weighted by molar-refractivity contribution is -0.121. The largest absolute Gasteiger partial charge is 0.492 e. The number of benzene rings is 1. The Balaban J connectivity index is 2.41. The van der Waals surface area contributed by atoms with Crippen LogP contribution in [0.1, 0.15) is 40.5 Å². The highest BCUT2D eigenvalue weighted by Crippen LogP contribution is 2.18. The van der Waals surface area contributed by atoms with Gasteiger partial charge in [0.15, 0.2) is 0 Å². The molecule has 0 bridgehead atoms. The molecule has 6 nitrogen and oxygen atoms in total. The van der Waals surface area contributed by atoms with E-state index in [1.165, 1.54) is 0 Å². The summed E-state index contributed by atoms with van der Waals surface area (Å²) in [4.78, 5) is 23.0. The number of rotatable bonds is 7. The first-order valence-corrected chi connectivity index (χ1v) is 7.79. The van der Waals surface area contributed by atoms with Gasteiger partial charge in [-0.05, 0) is 39.3 Å². The van der Waals surface area contributed by atoms with Gasteiger partial charge in [-0.1, -0.05) is 13.0 Å². The SMILES string of the molecule is CCCC(=O)NCCOc1cccc(NC(=O)OC(C)(C)C)c1. The first-order valence-electron chi connectivity index (χ1n) is 7.79. The van der Waals surface area contributed by atoms with Crippen LogP contribution in [0.2, 0.25) is 0 Å². The normalized spacial score (nSPS) is 10.8. The second kappa shape index (κ2) is 9.02. The molecule has 0 aliphatic heterocycles. The predicted molar refractivity (Wildman–Crippen MR) is 89.7 cm³/mol. The van der Waals surface area contributed by atoms with Gasteiger partial charge < -0.3 is 14.8 Å². The number of carbonyl (C=O) groups excluding carboxylic acids is 2. The summed E-state index contributed by atoms with van der Waals surface area (Å²) in [6, 6.07) is 7.02. The van der Waals surface area contributed by atoms with Crippen LogP contribution in [-0.2, 0) is 9.53 Å². The Kier molecular flexibility index (Phi) is 7.38. The standard InChI is InChI=1S/C17H26N2O4/c1-5-7-15(20)18-10-11-22-14-9-6-8-13(12-14)19-16(21)23-17(2,3)4/h6,8-9,12H,5,7,10-11H2,1-4H3,(H,18,20)(H,19,21). The van der Waals surface area contributed by atoms with Gasteiger partial charge in [-0.3, -0.25) is 10.1 Å². The summed E-state index contributed by atoms with van der Waals surface area (Å²) in [5.41, 5.74) is 0.0429. The minimum atomic E-state index is -0.547. The van der Waals surface area contributed by atoms with E-state index in [0.717, 1.165) is 6.42 Å². The molecule has 0 unspecified atom stereocenters. The van der Waals surface area contributed by atoms with Crippen molar-refractivity contribution in [2.45, 2.75) is 46.1 Å². The van der Waals surface area contributed by atoms with Crippen molar-refractivity contribution >= 4 is 17.7 Å². The zero-order valence-electron chi connectivity index (χ0n) is 14.3. The van der Waals surface area contributed by atoms with E-state index in [-0.39, 0.29) is 5.91 Å². The van der Waals surface area contributed by atoms with Gasteiger partial charge in [0.25, 0.3) is 0 Å². The van der Waals surface area contributed by atoms with E-state index in [1.54, 1.807) is 45.0 Å². The third-order valence-electron chi connectivity index (χ3n) is 2.65. The minimum absolute atomic E-state index is 0.0245. The number of hydrogen-bond donors (Lipinski definition) is 2. The van der Waals surface area contributed by atoms with Crippen molar-refractivity contribution in [3.63, 3.8) is 0 Å². The molecule has 0 radical (unpaired) electrons. The third-order valence-corrected chi connectivity index (χ3v) is 2.65. The van der Waals surface area contributed by atoms with Gasteiger partial charge in [0.1, 0.15) is 18.0 Å². The zero-order chi connectivity index (χ0) is 17.3. The molecule has 23 heavy (non-hydrogen) atoms. The highest BCUT2D eigenvalue weighted by molar-refractivity contribution is 5.85. The van der Waals surface area contributed by atoms with E-state index >= 15 is 0 Å². The summed E-state index contributed by atoms with van der Waals surface area (Å²) in [6.45, 7) is 8.18. The molecule has 0 atom stereocenters. The number of amides is 2. The van der Waals surface area contributed by atoms with Gasteiger partial charge in [0, 0.05) is 18.2 Å². The maximum Gasteiger partial charge on any atom is 0.412 e. The molecule has 2 N–H and O–H groups in total. The lowest BCUT2D eigenvalue weighted by Crippen LogP contribution is -2.27. The first-order chi connectivity index (χ1) is 10.8. The van der Waals surface area contributed by atoms with E-state index in [2.05, 4.69) is 10.6 Å². The van der Waals surface area contributed by atoms with Crippen LogP contribution in [0.15, 0.2) is 24.3 Å². The second-order valence-corrected chi connectivity index (χ2v) is 6.10. The second-order valence-electron chi connectivity index (χ2n) is 6.10. The van der Waals surface area contributed by atoms with Crippen LogP contribution in [0.3, 0.4) is 0 Å². The molecule has 6 heteroatoms. The van der Waals surface area contributed by atoms with Gasteiger partial charge in [-0.25, -0.2) is 4.79 Å². The molecule has 0 aromatic heterocycles. The summed E-state index contributed by atoms with van der Waals surface area (Å²) in [5.74, 6) is 0.639. The van der Waals surface area contributed by atoms with Gasteiger partial charge in [-0.15, -0.1) is 0 Å². The number of anilines is 1. The molecule has 0 spiro atoms. The molecule has 1 aromatic carbocycles. The van der Waals surface area contributed by atoms with E-state index in [9.17, 15) is 9.59 Å². The van der Waals surface area contributed by atoms with Gasteiger partial charge in [0.05, 0.1) is 6.54 Å². The summed E-state index contributed by atoms with van der Waals surface area (Å²) >= 11 is 0. The van der Waals surface area contributed by atoms with Crippen molar-refractivity contribution in [2.75, 3.05) is 18.5 Å². The van der Waals surface area contributed by atoms with Gasteiger partial charge in [0.2, 0.25) is 5.91 Å². The molecule has 0 aliphatic rings. The predicted octanol–water partition coefficient (Wildman–Crippen LogP) is 3.33. The van der Waals surface area contributed by atoms with Crippen LogP contribution in [0.25, 0.3) is 0 Å². The highest BCUT2D eigenvalue weighted by atomic mass is 16.6. The van der Waals surface area contributed by atoms with Crippen molar-refractivity contribution in [1.82, 2.24) is 5.32 Å². The first kappa shape index (κ1) is 18.8. The highest BCUT2D eigenvalue weighted by Gasteiger charge is 2.16. The van der Waals surface area contributed by atoms with Crippen LogP contribution in [0.5, 0.6) is 5.75 Å². The molecule has 0 fully saturated rings. The Morgan fingerprint density at radius 2 is 1.96 bits per heavy atom. The molecular formula is C17H26N2O4. The molecule has 2 amide bonds. The molecular weight excluding hydrogens is 296 g/mol. The molecule has 0 aliphatic carbocycles. The molecule has 1 aromatic rings. The summed E-state index contributed by atoms with van der Waals surface area (Å²) in [6.07, 6.45) is 0.835. The Morgan fingerprint density at radius 3 is 2.61 bits per heavy atom. The van der Waals surface area contributed by atoms with Crippen molar-refractivity contribution in [2.24, 2.45) is 0 Å². The fourth-order valence-corrected chi connectivity index (χ4v) is 1.76. The lowest BCUT2D eigenvalue weighted by Gasteiger charge is -2.19. The fourth-order valence-electron chi connectivity index (χ4n) is 1.76. The molecule has 0 saturated carbocycles. The van der Waals surface area contributed by atoms with Crippen molar-refractivity contribution in [1.29, 1.82) is 0 Å². The fraction of sp³-hybridized carbons (Fsp3) is 0.529. The molecule has 0 saturated heterocycles. The number of carbonyl (C=O) groups is 2. The molecule has 0 heterocycles. The quantitative estimate of drug-likeness (QED) is 0.755. The lowest BCUT2D eigenvalue weighted by atomic mass is 10.2. The smallest absolute Gasteiger partial charge is 0.412 e. The maximum absolute atomic E-state index is 11.7. The van der Waals surface area contributed by atoms with Crippen LogP contribution in [-0.4, -0.2) is 30.8 Å². The summed E-state index contributed by atoms with van der Waals surface area (Å²) in [5, 5.41) is 5.43. The molecule has 1 rings (SSSR count). The van der Waals surface area contributed by atoms with Gasteiger partial charge >= 0.3 is 6.09 Å². The van der Waals surface area contributed by atoms with Crippen LogP contribution >= 0.6 is 0 Å². The van der Waals surface area contributed by atoms with E-state index in [0.29, 0.717) is 31.0 Å². The van der Waals surface area contributed by atoms with Gasteiger partial charge in [-0.2, -0.15) is 0 Å². The molecule has 128 valence electrons. The number of ether oxygens (including phenoxy) is 2.